The van der Waals surface area contributed by atoms with Crippen LogP contribution in [0.1, 0.15) is 24.1 Å². The molecule has 3 rings (SSSR count). The van der Waals surface area contributed by atoms with Gasteiger partial charge in [-0.2, -0.15) is 0 Å². The molecule has 0 fully saturated rings. The molecule has 2 atom stereocenters. The van der Waals surface area contributed by atoms with Crippen molar-refractivity contribution >= 4 is 17.6 Å². The molecule has 1 amide bonds. The lowest BCUT2D eigenvalue weighted by Gasteiger charge is -2.19. The number of hydrogen-bond acceptors (Lipinski definition) is 6. The monoisotopic (exact) mass is 397 g/mol. The van der Waals surface area contributed by atoms with Crippen LogP contribution in [0.5, 0.6) is 0 Å². The zero-order valence-corrected chi connectivity index (χ0v) is 15.9. The lowest BCUT2D eigenvalue weighted by molar-refractivity contribution is -0.156. The summed E-state index contributed by atoms with van der Waals surface area (Å²) >= 11 is 0. The second-order valence-corrected chi connectivity index (χ2v) is 6.53. The summed E-state index contributed by atoms with van der Waals surface area (Å²) in [6.45, 7) is 3.06. The summed E-state index contributed by atoms with van der Waals surface area (Å²) in [6, 6.07) is 12.8. The fourth-order valence-electron chi connectivity index (χ4n) is 2.65. The van der Waals surface area contributed by atoms with Gasteiger partial charge in [0.2, 0.25) is 0 Å². The van der Waals surface area contributed by atoms with E-state index in [1.807, 2.05) is 30.3 Å². The first kappa shape index (κ1) is 20.1. The smallest absolute Gasteiger partial charge is 0.332 e. The predicted molar refractivity (Wildman–Crippen MR) is 102 cm³/mol. The molecule has 0 spiro atoms. The Hall–Kier alpha value is -3.62. The van der Waals surface area contributed by atoms with Crippen molar-refractivity contribution in [2.45, 2.75) is 32.4 Å². The third-order valence-corrected chi connectivity index (χ3v) is 4.33. The van der Waals surface area contributed by atoms with Gasteiger partial charge in [0, 0.05) is 12.1 Å². The molecular weight excluding hydrogens is 377 g/mol. The summed E-state index contributed by atoms with van der Waals surface area (Å²) in [7, 11) is 0. The summed E-state index contributed by atoms with van der Waals surface area (Å²) in [5.41, 5.74) is 1.63. The Balaban J connectivity index is 1.67. The molecule has 8 nitrogen and oxygen atoms in total. The maximum Gasteiger partial charge on any atom is 0.332 e. The highest BCUT2D eigenvalue weighted by atomic mass is 19.1. The number of rotatable bonds is 7. The number of nitrogens with one attached hydrogen (secondary N) is 1. The van der Waals surface area contributed by atoms with Crippen LogP contribution in [-0.4, -0.2) is 38.2 Å². The third kappa shape index (κ3) is 5.22. The second-order valence-electron chi connectivity index (χ2n) is 6.53. The van der Waals surface area contributed by atoms with Crippen LogP contribution < -0.4 is 5.32 Å². The largest absolute Gasteiger partial charge is 0.451 e. The van der Waals surface area contributed by atoms with E-state index in [2.05, 4.69) is 20.8 Å². The molecule has 1 N–H and O–H groups in total. The number of hydrogen-bond donors (Lipinski definition) is 1. The maximum absolute atomic E-state index is 13.7. The molecule has 29 heavy (non-hydrogen) atoms. The van der Waals surface area contributed by atoms with E-state index >= 15 is 0 Å². The number of aromatic nitrogens is 4. The van der Waals surface area contributed by atoms with Gasteiger partial charge < -0.3 is 10.1 Å². The quantitative estimate of drug-likeness (QED) is 0.615. The molecule has 0 saturated heterocycles. The summed E-state index contributed by atoms with van der Waals surface area (Å²) in [6.07, 6.45) is 0.512. The van der Waals surface area contributed by atoms with Crippen LogP contribution >= 0.6 is 0 Å². The minimum absolute atomic E-state index is 0.280. The van der Waals surface area contributed by atoms with Crippen LogP contribution in [0.2, 0.25) is 0 Å². The minimum Gasteiger partial charge on any atom is -0.451 e. The lowest BCUT2D eigenvalue weighted by atomic mass is 10.1. The van der Waals surface area contributed by atoms with E-state index in [1.54, 1.807) is 19.1 Å². The number of tetrazole rings is 1. The number of amides is 1. The van der Waals surface area contributed by atoms with Crippen LogP contribution in [0.15, 0.2) is 54.9 Å². The summed E-state index contributed by atoms with van der Waals surface area (Å²) in [5, 5.41) is 13.4. The van der Waals surface area contributed by atoms with Gasteiger partial charge in [-0.3, -0.25) is 4.79 Å². The van der Waals surface area contributed by atoms with E-state index in [1.165, 1.54) is 24.0 Å². The number of nitrogens with zero attached hydrogens (tertiary/aromatic N) is 4. The molecular formula is C20H20FN5O3. The van der Waals surface area contributed by atoms with Crippen LogP contribution in [-0.2, 0) is 20.7 Å². The number of halogens is 1. The Labute approximate surface area is 166 Å². The minimum atomic E-state index is -1.10. The van der Waals surface area contributed by atoms with E-state index in [9.17, 15) is 14.0 Å². The Morgan fingerprint density at radius 1 is 1.21 bits per heavy atom. The van der Waals surface area contributed by atoms with E-state index in [0.29, 0.717) is 12.0 Å². The Bertz CT molecular complexity index is 979. The zero-order chi connectivity index (χ0) is 20.8. The highest BCUT2D eigenvalue weighted by Crippen LogP contribution is 2.17. The number of esters is 1. The molecule has 0 saturated carbocycles. The Kier molecular flexibility index (Phi) is 6.28. The molecule has 150 valence electrons. The number of benzene rings is 2. The average Bonchev–Trinajstić information content (AvgIpc) is 3.24. The Morgan fingerprint density at radius 3 is 2.62 bits per heavy atom. The van der Waals surface area contributed by atoms with E-state index in [-0.39, 0.29) is 5.69 Å². The highest BCUT2D eigenvalue weighted by molar-refractivity contribution is 5.95. The van der Waals surface area contributed by atoms with E-state index < -0.39 is 29.8 Å². The van der Waals surface area contributed by atoms with Gasteiger partial charge >= 0.3 is 5.97 Å². The van der Waals surface area contributed by atoms with E-state index in [0.717, 1.165) is 5.56 Å². The van der Waals surface area contributed by atoms with Crippen molar-refractivity contribution in [1.29, 1.82) is 0 Å². The van der Waals surface area contributed by atoms with Gasteiger partial charge in [0.25, 0.3) is 5.91 Å². The molecule has 3 aromatic rings. The molecule has 9 heteroatoms. The van der Waals surface area contributed by atoms with Gasteiger partial charge in [0.1, 0.15) is 12.1 Å². The highest BCUT2D eigenvalue weighted by Gasteiger charge is 2.28. The van der Waals surface area contributed by atoms with Crippen molar-refractivity contribution in [3.63, 3.8) is 0 Å². The normalized spacial score (nSPS) is 12.8. The molecule has 0 bridgehead atoms. The van der Waals surface area contributed by atoms with Crippen LogP contribution in [0.3, 0.4) is 0 Å². The van der Waals surface area contributed by atoms with E-state index in [4.69, 9.17) is 4.74 Å². The van der Waals surface area contributed by atoms with Crippen molar-refractivity contribution in [2.24, 2.45) is 0 Å². The van der Waals surface area contributed by atoms with Crippen molar-refractivity contribution in [1.82, 2.24) is 20.2 Å². The topological polar surface area (TPSA) is 99.0 Å². The predicted octanol–water partition coefficient (Wildman–Crippen LogP) is 2.47. The molecule has 0 aliphatic rings. The van der Waals surface area contributed by atoms with Crippen molar-refractivity contribution < 1.29 is 18.7 Å². The molecule has 0 aliphatic heterocycles. The van der Waals surface area contributed by atoms with Gasteiger partial charge in [-0.1, -0.05) is 36.4 Å². The molecule has 0 unspecified atom stereocenters. The summed E-state index contributed by atoms with van der Waals surface area (Å²) < 4.78 is 20.3. The van der Waals surface area contributed by atoms with Crippen LogP contribution in [0.4, 0.5) is 10.1 Å². The first-order valence-electron chi connectivity index (χ1n) is 8.98. The van der Waals surface area contributed by atoms with Gasteiger partial charge in [-0.25, -0.2) is 13.9 Å². The second kappa shape index (κ2) is 9.05. The zero-order valence-electron chi connectivity index (χ0n) is 15.9. The number of carbonyl (C=O) groups excluding carboxylic acids is 2. The SMILES string of the molecule is Cc1ccc(NC(=O)[C@@H](C)OC(=O)[C@@H](Cc2ccccc2)n2cnnn2)cc1F. The maximum atomic E-state index is 13.7. The molecule has 2 aromatic carbocycles. The Morgan fingerprint density at radius 2 is 1.97 bits per heavy atom. The fraction of sp³-hybridized carbons (Fsp3) is 0.250. The van der Waals surface area contributed by atoms with Crippen LogP contribution in [0.25, 0.3) is 0 Å². The van der Waals surface area contributed by atoms with Crippen LogP contribution in [0, 0.1) is 12.7 Å². The molecule has 1 heterocycles. The van der Waals surface area contributed by atoms with Gasteiger partial charge in [0.05, 0.1) is 0 Å². The fourth-order valence-corrected chi connectivity index (χ4v) is 2.65. The summed E-state index contributed by atoms with van der Waals surface area (Å²) in [4.78, 5) is 25.1. The van der Waals surface area contributed by atoms with Crippen molar-refractivity contribution in [2.75, 3.05) is 5.32 Å². The van der Waals surface area contributed by atoms with Gasteiger partial charge in [0.15, 0.2) is 12.1 Å². The number of ether oxygens (including phenoxy) is 1. The van der Waals surface area contributed by atoms with Gasteiger partial charge in [-0.15, -0.1) is 5.10 Å². The molecule has 1 aromatic heterocycles. The number of aryl methyl sites for hydroxylation is 1. The third-order valence-electron chi connectivity index (χ3n) is 4.33. The average molecular weight is 397 g/mol. The van der Waals surface area contributed by atoms with Crippen molar-refractivity contribution in [3.05, 3.63) is 71.8 Å². The van der Waals surface area contributed by atoms with Gasteiger partial charge in [-0.05, 0) is 47.5 Å². The molecule has 0 aliphatic carbocycles. The lowest BCUT2D eigenvalue weighted by Crippen LogP contribution is -2.34. The molecule has 0 radical (unpaired) electrons. The standard InChI is InChI=1S/C20H20FN5O3/c1-13-8-9-16(11-17(13)21)23-19(27)14(2)29-20(28)18(26-12-22-24-25-26)10-15-6-4-3-5-7-15/h3-9,11-12,14,18H,10H2,1-2H3,(H,23,27)/t14-,18-/m1/s1. The number of carbonyl (C=O) groups is 2. The van der Waals surface area contributed by atoms with Crippen molar-refractivity contribution in [3.8, 4) is 0 Å². The first-order chi connectivity index (χ1) is 13.9. The summed E-state index contributed by atoms with van der Waals surface area (Å²) in [5.74, 6) is -1.66. The first-order valence-corrected chi connectivity index (χ1v) is 8.98. The number of anilines is 1.